The van der Waals surface area contributed by atoms with Gasteiger partial charge in [0.2, 0.25) is 0 Å². The highest BCUT2D eigenvalue weighted by Crippen LogP contribution is 2.24. The molecule has 3 nitrogen and oxygen atoms in total. The molecule has 21 heavy (non-hydrogen) atoms. The fourth-order valence-electron chi connectivity index (χ4n) is 1.95. The Morgan fingerprint density at radius 2 is 2.00 bits per heavy atom. The molecule has 2 aromatic carbocycles. The van der Waals surface area contributed by atoms with Gasteiger partial charge in [-0.2, -0.15) is 0 Å². The first-order valence-electron chi connectivity index (χ1n) is 6.54. The third-order valence-electron chi connectivity index (χ3n) is 2.83. The molecule has 0 amide bonds. The van der Waals surface area contributed by atoms with Gasteiger partial charge in [0, 0.05) is 10.7 Å². The lowest BCUT2D eigenvalue weighted by atomic mass is 10.1. The van der Waals surface area contributed by atoms with Crippen LogP contribution in [-0.2, 0) is 9.53 Å². The van der Waals surface area contributed by atoms with Crippen molar-refractivity contribution in [3.63, 3.8) is 0 Å². The number of para-hydroxylation sites is 1. The average Bonchev–Trinajstić information content (AvgIpc) is 2.45. The van der Waals surface area contributed by atoms with Crippen molar-refractivity contribution in [2.24, 2.45) is 0 Å². The summed E-state index contributed by atoms with van der Waals surface area (Å²) in [4.78, 5) is 12.1. The Morgan fingerprint density at radius 3 is 2.62 bits per heavy atom. The molecule has 2 aromatic rings. The monoisotopic (exact) mass is 307 g/mol. The van der Waals surface area contributed by atoms with Crippen LogP contribution in [0.2, 0.25) is 5.02 Å². The zero-order valence-electron chi connectivity index (χ0n) is 11.5. The van der Waals surface area contributed by atoms with E-state index >= 15 is 0 Å². The van der Waals surface area contributed by atoms with Crippen molar-refractivity contribution in [3.05, 3.63) is 64.9 Å². The molecule has 0 aliphatic rings. The maximum atomic E-state index is 13.5. The normalized spacial score (nSPS) is 11.8. The molecular formula is C16H15ClFNO2. The second kappa shape index (κ2) is 7.09. The van der Waals surface area contributed by atoms with E-state index in [1.807, 2.05) is 30.3 Å². The molecule has 1 unspecified atom stereocenters. The van der Waals surface area contributed by atoms with Gasteiger partial charge in [0.1, 0.15) is 5.82 Å². The maximum Gasteiger partial charge on any atom is 0.333 e. The molecule has 110 valence electrons. The van der Waals surface area contributed by atoms with E-state index in [4.69, 9.17) is 16.3 Å². The van der Waals surface area contributed by atoms with Crippen molar-refractivity contribution in [2.45, 2.75) is 13.0 Å². The van der Waals surface area contributed by atoms with Gasteiger partial charge in [-0.15, -0.1) is 0 Å². The number of nitrogens with one attached hydrogen (secondary N) is 1. The first-order chi connectivity index (χ1) is 10.1. The van der Waals surface area contributed by atoms with Gasteiger partial charge in [-0.1, -0.05) is 29.8 Å². The average molecular weight is 308 g/mol. The van der Waals surface area contributed by atoms with Gasteiger partial charge in [0.25, 0.3) is 0 Å². The molecule has 0 aromatic heterocycles. The number of halogens is 2. The predicted molar refractivity (Wildman–Crippen MR) is 80.8 cm³/mol. The minimum atomic E-state index is -0.819. The Bertz CT molecular complexity index is 599. The van der Waals surface area contributed by atoms with Crippen molar-refractivity contribution in [3.8, 4) is 0 Å². The highest BCUT2D eigenvalue weighted by Gasteiger charge is 2.23. The van der Waals surface area contributed by atoms with Crippen LogP contribution in [0.1, 0.15) is 18.5 Å². The van der Waals surface area contributed by atoms with E-state index in [1.165, 1.54) is 12.1 Å². The van der Waals surface area contributed by atoms with Crippen LogP contribution in [0.5, 0.6) is 0 Å². The molecule has 5 heteroatoms. The van der Waals surface area contributed by atoms with Crippen LogP contribution in [0.15, 0.2) is 48.5 Å². The van der Waals surface area contributed by atoms with Crippen LogP contribution < -0.4 is 5.32 Å². The molecular weight excluding hydrogens is 293 g/mol. The van der Waals surface area contributed by atoms with Gasteiger partial charge in [0.15, 0.2) is 6.04 Å². The molecule has 1 N–H and O–H groups in total. The quantitative estimate of drug-likeness (QED) is 0.842. The highest BCUT2D eigenvalue weighted by molar-refractivity contribution is 6.30. The molecule has 0 bridgehead atoms. The number of hydrogen-bond donors (Lipinski definition) is 1. The second-order valence-electron chi connectivity index (χ2n) is 4.40. The zero-order valence-corrected chi connectivity index (χ0v) is 12.2. The largest absolute Gasteiger partial charge is 0.464 e. The van der Waals surface area contributed by atoms with Crippen LogP contribution in [0.4, 0.5) is 10.1 Å². The standard InChI is InChI=1S/C16H15ClFNO2/c1-2-21-16(20)15(19-14-6-4-3-5-7-14)11-8-12(17)10-13(18)9-11/h3-10,15,19H,2H2,1H3. The van der Waals surface area contributed by atoms with E-state index in [1.54, 1.807) is 13.0 Å². The Labute approximate surface area is 127 Å². The maximum absolute atomic E-state index is 13.5. The Morgan fingerprint density at radius 1 is 1.29 bits per heavy atom. The Balaban J connectivity index is 2.33. The third-order valence-corrected chi connectivity index (χ3v) is 3.04. The topological polar surface area (TPSA) is 38.3 Å². The summed E-state index contributed by atoms with van der Waals surface area (Å²) in [5.74, 6) is -0.982. The van der Waals surface area contributed by atoms with Crippen LogP contribution in [0.3, 0.4) is 0 Å². The van der Waals surface area contributed by atoms with Crippen molar-refractivity contribution in [2.75, 3.05) is 11.9 Å². The number of ether oxygens (including phenoxy) is 1. The SMILES string of the molecule is CCOC(=O)C(Nc1ccccc1)c1cc(F)cc(Cl)c1. The summed E-state index contributed by atoms with van der Waals surface area (Å²) < 4.78 is 18.6. The van der Waals surface area contributed by atoms with Gasteiger partial charge in [-0.3, -0.25) is 0 Å². The highest BCUT2D eigenvalue weighted by atomic mass is 35.5. The smallest absolute Gasteiger partial charge is 0.333 e. The fourth-order valence-corrected chi connectivity index (χ4v) is 2.18. The summed E-state index contributed by atoms with van der Waals surface area (Å²) in [5.41, 5.74) is 1.15. The summed E-state index contributed by atoms with van der Waals surface area (Å²) in [5, 5.41) is 3.27. The molecule has 0 aliphatic heterocycles. The first kappa shape index (κ1) is 15.3. The zero-order chi connectivity index (χ0) is 15.2. The van der Waals surface area contributed by atoms with E-state index in [-0.39, 0.29) is 11.6 Å². The van der Waals surface area contributed by atoms with E-state index in [0.29, 0.717) is 5.56 Å². The van der Waals surface area contributed by atoms with Crippen LogP contribution in [0, 0.1) is 5.82 Å². The lowest BCUT2D eigenvalue weighted by Crippen LogP contribution is -2.23. The molecule has 2 rings (SSSR count). The minimum absolute atomic E-state index is 0.231. The summed E-state index contributed by atoms with van der Waals surface area (Å²) in [6, 6.07) is 12.3. The van der Waals surface area contributed by atoms with Crippen LogP contribution in [0.25, 0.3) is 0 Å². The number of carbonyl (C=O) groups excluding carboxylic acids is 1. The minimum Gasteiger partial charge on any atom is -0.464 e. The van der Waals surface area contributed by atoms with Gasteiger partial charge in [-0.25, -0.2) is 9.18 Å². The van der Waals surface area contributed by atoms with E-state index in [9.17, 15) is 9.18 Å². The first-order valence-corrected chi connectivity index (χ1v) is 6.92. The number of benzene rings is 2. The summed E-state index contributed by atoms with van der Waals surface area (Å²) in [6.07, 6.45) is 0. The number of hydrogen-bond acceptors (Lipinski definition) is 3. The second-order valence-corrected chi connectivity index (χ2v) is 4.83. The molecule has 0 radical (unpaired) electrons. The summed E-state index contributed by atoms with van der Waals surface area (Å²) >= 11 is 5.86. The summed E-state index contributed by atoms with van der Waals surface area (Å²) in [6.45, 7) is 1.96. The number of rotatable bonds is 5. The lowest BCUT2D eigenvalue weighted by Gasteiger charge is -2.19. The molecule has 0 spiro atoms. The van der Waals surface area contributed by atoms with Crippen molar-refractivity contribution < 1.29 is 13.9 Å². The molecule has 1 atom stereocenters. The van der Waals surface area contributed by atoms with Crippen molar-refractivity contribution in [1.29, 1.82) is 0 Å². The summed E-state index contributed by atoms with van der Waals surface area (Å²) in [7, 11) is 0. The predicted octanol–water partition coefficient (Wildman–Crippen LogP) is 4.20. The lowest BCUT2D eigenvalue weighted by molar-refractivity contribution is -0.144. The van der Waals surface area contributed by atoms with Crippen molar-refractivity contribution >= 4 is 23.3 Å². The van der Waals surface area contributed by atoms with Gasteiger partial charge >= 0.3 is 5.97 Å². The van der Waals surface area contributed by atoms with E-state index < -0.39 is 17.8 Å². The third kappa shape index (κ3) is 4.20. The molecule has 0 heterocycles. The van der Waals surface area contributed by atoms with Crippen molar-refractivity contribution in [1.82, 2.24) is 0 Å². The Hall–Kier alpha value is -2.07. The Kier molecular flexibility index (Phi) is 5.17. The molecule has 0 fully saturated rings. The van der Waals surface area contributed by atoms with E-state index in [0.717, 1.165) is 5.69 Å². The molecule has 0 saturated heterocycles. The van der Waals surface area contributed by atoms with Gasteiger partial charge in [-0.05, 0) is 42.8 Å². The molecule has 0 saturated carbocycles. The van der Waals surface area contributed by atoms with Gasteiger partial charge < -0.3 is 10.1 Å². The number of anilines is 1. The number of carbonyl (C=O) groups is 1. The number of esters is 1. The molecule has 0 aliphatic carbocycles. The van der Waals surface area contributed by atoms with E-state index in [2.05, 4.69) is 5.32 Å². The van der Waals surface area contributed by atoms with Crippen LogP contribution >= 0.6 is 11.6 Å². The fraction of sp³-hybridized carbons (Fsp3) is 0.188. The van der Waals surface area contributed by atoms with Crippen LogP contribution in [-0.4, -0.2) is 12.6 Å². The van der Waals surface area contributed by atoms with Gasteiger partial charge in [0.05, 0.1) is 6.61 Å².